The summed E-state index contributed by atoms with van der Waals surface area (Å²) in [7, 11) is 0. The van der Waals surface area contributed by atoms with Gasteiger partial charge >= 0.3 is 0 Å². The molecule has 3 saturated carbocycles. The first-order chi connectivity index (χ1) is 14.4. The van der Waals surface area contributed by atoms with Crippen molar-refractivity contribution in [3.63, 3.8) is 0 Å². The molecule has 4 heteroatoms. The Morgan fingerprint density at radius 3 is 2.35 bits per heavy atom. The van der Waals surface area contributed by atoms with Crippen LogP contribution in [0.2, 0.25) is 0 Å². The Hall–Kier alpha value is -1.20. The fourth-order valence-corrected chi connectivity index (χ4v) is 6.22. The van der Waals surface area contributed by atoms with E-state index in [9.17, 15) is 20.4 Å². The third-order valence-corrected chi connectivity index (χ3v) is 8.29. The molecule has 0 unspecified atom stereocenters. The molecule has 4 N–H and O–H groups in total. The third kappa shape index (κ3) is 5.24. The summed E-state index contributed by atoms with van der Waals surface area (Å²) in [6, 6.07) is 0. The lowest BCUT2D eigenvalue weighted by molar-refractivity contribution is -0.0229. The summed E-state index contributed by atoms with van der Waals surface area (Å²) in [4.78, 5) is 0. The van der Waals surface area contributed by atoms with Gasteiger partial charge in [-0.25, -0.2) is 0 Å². The van der Waals surface area contributed by atoms with E-state index < -0.39 is 23.9 Å². The molecule has 0 aromatic carbocycles. The number of rotatable bonds is 5. The predicted molar refractivity (Wildman–Crippen MR) is 125 cm³/mol. The molecule has 0 aromatic heterocycles. The van der Waals surface area contributed by atoms with Crippen LogP contribution in [0.25, 0.3) is 0 Å². The van der Waals surface area contributed by atoms with Crippen LogP contribution in [0.3, 0.4) is 0 Å². The molecule has 3 fully saturated rings. The fourth-order valence-electron chi connectivity index (χ4n) is 6.22. The average molecular weight is 431 g/mol. The minimum Gasteiger partial charge on any atom is -0.388 e. The summed E-state index contributed by atoms with van der Waals surface area (Å²) in [5, 5.41) is 40.4. The van der Waals surface area contributed by atoms with E-state index in [4.69, 9.17) is 0 Å². The number of fused-ring (bicyclic) bond motifs is 1. The van der Waals surface area contributed by atoms with Crippen molar-refractivity contribution in [3.8, 4) is 0 Å². The van der Waals surface area contributed by atoms with Gasteiger partial charge in [-0.1, -0.05) is 55.9 Å². The number of hydrogen-bond acceptors (Lipinski definition) is 4. The van der Waals surface area contributed by atoms with E-state index in [1.807, 2.05) is 0 Å². The highest BCUT2D eigenvalue weighted by Gasteiger charge is 2.50. The molecule has 0 bridgehead atoms. The lowest BCUT2D eigenvalue weighted by atomic mass is 9.61. The van der Waals surface area contributed by atoms with E-state index in [0.717, 1.165) is 12.0 Å². The van der Waals surface area contributed by atoms with Gasteiger partial charge in [0, 0.05) is 0 Å². The zero-order chi connectivity index (χ0) is 23.0. The van der Waals surface area contributed by atoms with Crippen LogP contribution in [-0.4, -0.2) is 44.3 Å². The summed E-state index contributed by atoms with van der Waals surface area (Å²) in [6.45, 7) is 11.7. The lowest BCUT2D eigenvalue weighted by Gasteiger charge is -2.44. The second-order valence-corrected chi connectivity index (χ2v) is 11.0. The van der Waals surface area contributed by atoms with E-state index in [2.05, 4.69) is 38.7 Å². The van der Waals surface area contributed by atoms with Gasteiger partial charge in [-0.15, -0.1) is 0 Å². The normalized spacial score (nSPS) is 37.9. The van der Waals surface area contributed by atoms with Crippen molar-refractivity contribution in [2.24, 2.45) is 23.2 Å². The molecule has 0 radical (unpaired) electrons. The van der Waals surface area contributed by atoms with Crippen molar-refractivity contribution in [1.82, 2.24) is 0 Å². The van der Waals surface area contributed by atoms with Gasteiger partial charge in [0.2, 0.25) is 0 Å². The standard InChI is InChI=1S/C27H42O4/c1-17(8-13-25(30)26(3,4)31)21-11-12-22-20(7-6-14-27(21,22)5)10-9-19-15-23(28)18(2)24(29)16-19/h8-10,13,17,21-25,28-31H,2,6-7,11-12,14-16H2,1,3-5H3/b13-8+,20-10+/t17-,21-,22+,23-,24-,25+,27-/m1/s1. The van der Waals surface area contributed by atoms with Crippen LogP contribution in [0.5, 0.6) is 0 Å². The molecule has 3 aliphatic rings. The topological polar surface area (TPSA) is 80.9 Å². The van der Waals surface area contributed by atoms with Crippen molar-refractivity contribution >= 4 is 0 Å². The maximum atomic E-state index is 10.2. The molecule has 0 heterocycles. The third-order valence-electron chi connectivity index (χ3n) is 8.29. The van der Waals surface area contributed by atoms with Gasteiger partial charge < -0.3 is 20.4 Å². The minimum absolute atomic E-state index is 0.242. The Bertz CT molecular complexity index is 740. The molecule has 0 aromatic rings. The van der Waals surface area contributed by atoms with Crippen LogP contribution in [-0.2, 0) is 0 Å². The Morgan fingerprint density at radius 1 is 1.10 bits per heavy atom. The van der Waals surface area contributed by atoms with Crippen molar-refractivity contribution in [1.29, 1.82) is 0 Å². The smallest absolute Gasteiger partial charge is 0.100 e. The van der Waals surface area contributed by atoms with Crippen LogP contribution in [0.1, 0.15) is 72.6 Å². The predicted octanol–water partition coefficient (Wildman–Crippen LogP) is 4.45. The average Bonchev–Trinajstić information content (AvgIpc) is 3.05. The quantitative estimate of drug-likeness (QED) is 0.486. The highest BCUT2D eigenvalue weighted by molar-refractivity contribution is 5.29. The zero-order valence-electron chi connectivity index (χ0n) is 19.7. The van der Waals surface area contributed by atoms with Gasteiger partial charge in [0.1, 0.15) is 6.10 Å². The molecule has 174 valence electrons. The molecular formula is C27H42O4. The largest absolute Gasteiger partial charge is 0.388 e. The van der Waals surface area contributed by atoms with Gasteiger partial charge in [-0.05, 0) is 87.5 Å². The van der Waals surface area contributed by atoms with Crippen LogP contribution in [0.4, 0.5) is 0 Å². The van der Waals surface area contributed by atoms with Crippen molar-refractivity contribution in [2.75, 3.05) is 0 Å². The molecule has 3 aliphatic carbocycles. The fraction of sp³-hybridized carbons (Fsp3) is 0.704. The highest BCUT2D eigenvalue weighted by atomic mass is 16.3. The highest BCUT2D eigenvalue weighted by Crippen LogP contribution is 2.59. The first-order valence-electron chi connectivity index (χ1n) is 12.0. The number of aliphatic hydroxyl groups is 4. The summed E-state index contributed by atoms with van der Waals surface area (Å²) in [6.07, 6.45) is 13.1. The van der Waals surface area contributed by atoms with Crippen LogP contribution < -0.4 is 0 Å². The van der Waals surface area contributed by atoms with E-state index in [1.54, 1.807) is 19.9 Å². The van der Waals surface area contributed by atoms with Gasteiger partial charge in [0.05, 0.1) is 17.8 Å². The second kappa shape index (κ2) is 9.35. The molecule has 31 heavy (non-hydrogen) atoms. The molecule has 3 rings (SSSR count). The molecule has 0 saturated heterocycles. The van der Waals surface area contributed by atoms with Crippen LogP contribution >= 0.6 is 0 Å². The summed E-state index contributed by atoms with van der Waals surface area (Å²) in [5.74, 6) is 1.46. The molecule has 0 amide bonds. The molecule has 0 spiro atoms. The summed E-state index contributed by atoms with van der Waals surface area (Å²) >= 11 is 0. The summed E-state index contributed by atoms with van der Waals surface area (Å²) in [5.41, 5.74) is 2.25. The van der Waals surface area contributed by atoms with Crippen molar-refractivity contribution in [2.45, 2.75) is 96.6 Å². The molecule has 7 atom stereocenters. The monoisotopic (exact) mass is 430 g/mol. The van der Waals surface area contributed by atoms with E-state index in [0.29, 0.717) is 36.2 Å². The van der Waals surface area contributed by atoms with E-state index >= 15 is 0 Å². The Morgan fingerprint density at radius 2 is 1.74 bits per heavy atom. The zero-order valence-corrected chi connectivity index (χ0v) is 19.7. The molecule has 0 aliphatic heterocycles. The molecule has 4 nitrogen and oxygen atoms in total. The van der Waals surface area contributed by atoms with Crippen LogP contribution in [0, 0.1) is 23.2 Å². The summed E-state index contributed by atoms with van der Waals surface area (Å²) < 4.78 is 0. The number of hydrogen-bond donors (Lipinski definition) is 4. The Kier molecular flexibility index (Phi) is 7.37. The first-order valence-corrected chi connectivity index (χ1v) is 12.0. The van der Waals surface area contributed by atoms with Gasteiger partial charge in [-0.3, -0.25) is 0 Å². The van der Waals surface area contributed by atoms with Gasteiger partial charge in [-0.2, -0.15) is 0 Å². The van der Waals surface area contributed by atoms with Gasteiger partial charge in [0.25, 0.3) is 0 Å². The minimum atomic E-state index is -1.13. The van der Waals surface area contributed by atoms with Crippen molar-refractivity contribution < 1.29 is 20.4 Å². The first kappa shape index (κ1) is 24.4. The SMILES string of the molecule is C=C1[C@H](O)CC(=C/C=C2\CCC[C@]3(C)[C@@H]([C@H](C)/C=C/[C@H](O)C(C)(C)O)CC[C@@H]23)C[C@H]1O. The van der Waals surface area contributed by atoms with E-state index in [1.165, 1.54) is 31.3 Å². The van der Waals surface area contributed by atoms with Crippen molar-refractivity contribution in [3.05, 3.63) is 47.6 Å². The maximum absolute atomic E-state index is 10.2. The Balaban J connectivity index is 1.73. The molecular weight excluding hydrogens is 388 g/mol. The van der Waals surface area contributed by atoms with E-state index in [-0.39, 0.29) is 5.41 Å². The lowest BCUT2D eigenvalue weighted by Crippen LogP contribution is -2.36. The van der Waals surface area contributed by atoms with Crippen LogP contribution in [0.15, 0.2) is 47.6 Å². The Labute approximate surface area is 188 Å². The second-order valence-electron chi connectivity index (χ2n) is 11.0. The number of allylic oxidation sites excluding steroid dienone is 4. The van der Waals surface area contributed by atoms with Gasteiger partial charge in [0.15, 0.2) is 0 Å². The number of aliphatic hydroxyl groups excluding tert-OH is 3. The maximum Gasteiger partial charge on any atom is 0.100 e.